The SMILES string of the molecule is CCCOCCOCCOCCOCCN=C/C(COCCOCCOCCOCCOC1CCC2(CC1)CNC2)=N\N. The first-order chi connectivity index (χ1) is 21.3. The quantitative estimate of drug-likeness (QED) is 0.0522. The van der Waals surface area contributed by atoms with Crippen LogP contribution in [0.3, 0.4) is 0 Å². The van der Waals surface area contributed by atoms with Crippen LogP contribution in [0.4, 0.5) is 0 Å². The van der Waals surface area contributed by atoms with Crippen molar-refractivity contribution in [1.82, 2.24) is 5.32 Å². The van der Waals surface area contributed by atoms with Crippen LogP contribution in [0.25, 0.3) is 0 Å². The first-order valence-electron chi connectivity index (χ1n) is 16.0. The average Bonchev–Trinajstić information content (AvgIpc) is 3.01. The van der Waals surface area contributed by atoms with E-state index < -0.39 is 0 Å². The van der Waals surface area contributed by atoms with Crippen molar-refractivity contribution in [2.45, 2.75) is 45.1 Å². The molecule has 13 nitrogen and oxygen atoms in total. The van der Waals surface area contributed by atoms with Gasteiger partial charge in [-0.3, -0.25) is 4.99 Å². The lowest BCUT2D eigenvalue weighted by molar-refractivity contribution is -0.0474. The zero-order valence-corrected chi connectivity index (χ0v) is 26.5. The molecule has 2 rings (SSSR count). The van der Waals surface area contributed by atoms with Gasteiger partial charge in [0.15, 0.2) is 0 Å². The van der Waals surface area contributed by atoms with E-state index >= 15 is 0 Å². The van der Waals surface area contributed by atoms with Gasteiger partial charge in [-0.25, -0.2) is 0 Å². The van der Waals surface area contributed by atoms with Gasteiger partial charge in [-0.1, -0.05) is 6.92 Å². The Kier molecular flexibility index (Phi) is 23.9. The summed E-state index contributed by atoms with van der Waals surface area (Å²) < 4.78 is 49.9. The van der Waals surface area contributed by atoms with Crippen LogP contribution in [0.1, 0.15) is 39.0 Å². The lowest BCUT2D eigenvalue weighted by Crippen LogP contribution is -2.55. The molecule has 1 aliphatic carbocycles. The molecule has 1 heterocycles. The summed E-state index contributed by atoms with van der Waals surface area (Å²) in [6.45, 7) is 14.1. The highest BCUT2D eigenvalue weighted by Gasteiger charge is 2.40. The summed E-state index contributed by atoms with van der Waals surface area (Å²) in [4.78, 5) is 4.26. The molecule has 43 heavy (non-hydrogen) atoms. The van der Waals surface area contributed by atoms with Gasteiger partial charge in [0.2, 0.25) is 0 Å². The number of rotatable bonds is 30. The van der Waals surface area contributed by atoms with E-state index in [0.717, 1.165) is 13.0 Å². The minimum absolute atomic E-state index is 0.265. The van der Waals surface area contributed by atoms with E-state index in [2.05, 4.69) is 22.3 Å². The second-order valence-corrected chi connectivity index (χ2v) is 10.7. The number of hydrogen-bond acceptors (Lipinski definition) is 13. The molecule has 0 aromatic rings. The van der Waals surface area contributed by atoms with Crippen LogP contribution in [0, 0.1) is 5.41 Å². The summed E-state index contributed by atoms with van der Waals surface area (Å²) in [7, 11) is 0. The number of hydrogen-bond donors (Lipinski definition) is 2. The zero-order chi connectivity index (χ0) is 30.5. The third-order valence-corrected chi connectivity index (χ3v) is 7.18. The van der Waals surface area contributed by atoms with Crippen molar-refractivity contribution in [1.29, 1.82) is 0 Å². The third kappa shape index (κ3) is 20.4. The van der Waals surface area contributed by atoms with Crippen molar-refractivity contribution < 1.29 is 42.6 Å². The van der Waals surface area contributed by atoms with E-state index in [9.17, 15) is 0 Å². The van der Waals surface area contributed by atoms with E-state index in [0.29, 0.717) is 123 Å². The van der Waals surface area contributed by atoms with Crippen molar-refractivity contribution in [3.05, 3.63) is 0 Å². The van der Waals surface area contributed by atoms with Crippen LogP contribution >= 0.6 is 0 Å². The maximum atomic E-state index is 5.97. The summed E-state index contributed by atoms with van der Waals surface area (Å²) in [6, 6.07) is 0. The number of nitrogens with one attached hydrogen (secondary N) is 1. The highest BCUT2D eigenvalue weighted by atomic mass is 16.6. The number of aliphatic imine (C=N–C) groups is 1. The normalized spacial score (nSPS) is 17.3. The maximum Gasteiger partial charge on any atom is 0.103 e. The maximum absolute atomic E-state index is 5.97. The van der Waals surface area contributed by atoms with Gasteiger partial charge in [0.1, 0.15) is 5.71 Å². The molecule has 1 aliphatic heterocycles. The van der Waals surface area contributed by atoms with E-state index in [4.69, 9.17) is 48.5 Å². The smallest absolute Gasteiger partial charge is 0.103 e. The topological polar surface area (TPSA) is 146 Å². The summed E-state index contributed by atoms with van der Waals surface area (Å²) >= 11 is 0. The molecule has 13 heteroatoms. The van der Waals surface area contributed by atoms with Crippen molar-refractivity contribution in [2.24, 2.45) is 21.4 Å². The first-order valence-corrected chi connectivity index (χ1v) is 16.0. The Morgan fingerprint density at radius 3 is 1.60 bits per heavy atom. The highest BCUT2D eigenvalue weighted by molar-refractivity contribution is 6.31. The molecule has 1 saturated heterocycles. The van der Waals surface area contributed by atoms with Gasteiger partial charge in [-0.15, -0.1) is 0 Å². The Hall–Kier alpha value is -1.26. The summed E-state index contributed by atoms with van der Waals surface area (Å²) in [6.07, 6.45) is 7.94. The molecule has 0 amide bonds. The molecule has 252 valence electrons. The number of ether oxygens (including phenoxy) is 9. The Morgan fingerprint density at radius 1 is 0.674 bits per heavy atom. The Balaban J connectivity index is 1.24. The molecule has 1 saturated carbocycles. The number of nitrogens with two attached hydrogens (primary N) is 1. The largest absolute Gasteiger partial charge is 0.379 e. The fourth-order valence-electron chi connectivity index (χ4n) is 4.61. The standard InChI is InChI=1S/C30H58N4O9/c1-2-8-35-10-12-37-14-15-38-13-11-36-9-7-32-24-28(34-31)25-42-21-20-40-17-16-39-18-19-41-22-23-43-29-3-5-30(6-4-29)26-33-27-30/h24,29,33H,2-23,25-27,31H2,1H3/b32-24?,34-28+. The van der Waals surface area contributed by atoms with Gasteiger partial charge in [-0.05, 0) is 37.5 Å². The van der Waals surface area contributed by atoms with E-state index in [1.165, 1.54) is 38.8 Å². The first kappa shape index (κ1) is 37.9. The predicted molar refractivity (Wildman–Crippen MR) is 165 cm³/mol. The van der Waals surface area contributed by atoms with Crippen LogP contribution in [0.15, 0.2) is 10.1 Å². The van der Waals surface area contributed by atoms with Gasteiger partial charge in [0.05, 0.1) is 118 Å². The lowest BCUT2D eigenvalue weighted by atomic mass is 9.69. The fraction of sp³-hybridized carbons (Fsp3) is 0.933. The van der Waals surface area contributed by atoms with Crippen LogP contribution in [0.5, 0.6) is 0 Å². The third-order valence-electron chi connectivity index (χ3n) is 7.18. The van der Waals surface area contributed by atoms with Gasteiger partial charge < -0.3 is 53.8 Å². The Morgan fingerprint density at radius 2 is 1.14 bits per heavy atom. The molecule has 2 aliphatic rings. The van der Waals surface area contributed by atoms with Gasteiger partial charge in [0, 0.05) is 25.9 Å². The Bertz CT molecular complexity index is 689. The predicted octanol–water partition coefficient (Wildman–Crippen LogP) is 1.46. The van der Waals surface area contributed by atoms with Crippen molar-refractivity contribution in [3.63, 3.8) is 0 Å². The molecule has 0 aromatic heterocycles. The monoisotopic (exact) mass is 618 g/mol. The molecule has 3 N–H and O–H groups in total. The second kappa shape index (κ2) is 27.1. The van der Waals surface area contributed by atoms with Crippen molar-refractivity contribution in [2.75, 3.05) is 132 Å². The second-order valence-electron chi connectivity index (χ2n) is 10.7. The lowest BCUT2D eigenvalue weighted by Gasteiger charge is -2.47. The molecule has 0 aromatic carbocycles. The minimum atomic E-state index is 0.265. The molecular weight excluding hydrogens is 560 g/mol. The van der Waals surface area contributed by atoms with Gasteiger partial charge in [0.25, 0.3) is 0 Å². The van der Waals surface area contributed by atoms with Crippen molar-refractivity contribution in [3.8, 4) is 0 Å². The molecule has 0 bridgehead atoms. The van der Waals surface area contributed by atoms with E-state index in [1.807, 2.05) is 0 Å². The van der Waals surface area contributed by atoms with Gasteiger partial charge >= 0.3 is 0 Å². The minimum Gasteiger partial charge on any atom is -0.379 e. The molecule has 0 atom stereocenters. The van der Waals surface area contributed by atoms with E-state index in [-0.39, 0.29) is 6.61 Å². The number of hydrazone groups is 1. The van der Waals surface area contributed by atoms with E-state index in [1.54, 1.807) is 6.21 Å². The molecule has 1 spiro atoms. The Labute approximate surface area is 258 Å². The fourth-order valence-corrected chi connectivity index (χ4v) is 4.61. The zero-order valence-electron chi connectivity index (χ0n) is 26.5. The summed E-state index contributed by atoms with van der Waals surface area (Å²) in [5.74, 6) is 5.42. The van der Waals surface area contributed by atoms with Crippen LogP contribution < -0.4 is 11.2 Å². The van der Waals surface area contributed by atoms with Crippen LogP contribution in [0.2, 0.25) is 0 Å². The van der Waals surface area contributed by atoms with Crippen LogP contribution in [-0.4, -0.2) is 150 Å². The molecule has 0 unspecified atom stereocenters. The molecular formula is C30H58N4O9. The van der Waals surface area contributed by atoms with Crippen LogP contribution in [-0.2, 0) is 42.6 Å². The highest BCUT2D eigenvalue weighted by Crippen LogP contribution is 2.40. The summed E-state index contributed by atoms with van der Waals surface area (Å²) in [5, 5.41) is 7.10. The molecule has 2 fully saturated rings. The molecule has 0 radical (unpaired) electrons. The summed E-state index contributed by atoms with van der Waals surface area (Å²) in [5.41, 5.74) is 1.13. The number of nitrogens with zero attached hydrogens (tertiary/aromatic N) is 2. The van der Waals surface area contributed by atoms with Gasteiger partial charge in [-0.2, -0.15) is 5.10 Å². The van der Waals surface area contributed by atoms with Crippen molar-refractivity contribution >= 4 is 11.9 Å². The average molecular weight is 619 g/mol.